The van der Waals surface area contributed by atoms with Gasteiger partial charge in [-0.1, -0.05) is 35.9 Å². The molecule has 0 saturated heterocycles. The van der Waals surface area contributed by atoms with Crippen molar-refractivity contribution in [2.75, 3.05) is 27.7 Å². The van der Waals surface area contributed by atoms with Crippen molar-refractivity contribution in [3.05, 3.63) is 64.4 Å². The molecule has 0 aliphatic carbocycles. The average molecular weight is 365 g/mol. The van der Waals surface area contributed by atoms with Gasteiger partial charge in [0.15, 0.2) is 0 Å². The summed E-state index contributed by atoms with van der Waals surface area (Å²) in [6, 6.07) is 12.0. The molecule has 0 bridgehead atoms. The second-order valence-electron chi connectivity index (χ2n) is 5.90. The topological polar surface area (TPSA) is 41.6 Å². The van der Waals surface area contributed by atoms with E-state index >= 15 is 0 Å². The van der Waals surface area contributed by atoms with Crippen LogP contribution in [0.25, 0.3) is 0 Å². The Bertz CT molecular complexity index is 717. The van der Waals surface area contributed by atoms with E-state index in [0.717, 1.165) is 11.3 Å². The third kappa shape index (κ3) is 4.94. The van der Waals surface area contributed by atoms with E-state index in [-0.39, 0.29) is 29.0 Å². The smallest absolute Gasteiger partial charge is 0.224 e. The fraction of sp³-hybridized carbons (Fsp3) is 0.316. The third-order valence-electron chi connectivity index (χ3n) is 4.01. The number of likely N-dealkylation sites (N-methyl/N-ethyl adjacent to an activating group) is 1. The molecule has 2 rings (SSSR count). The van der Waals surface area contributed by atoms with Crippen LogP contribution in [0.5, 0.6) is 5.75 Å². The average Bonchev–Trinajstić information content (AvgIpc) is 2.58. The lowest BCUT2D eigenvalue weighted by molar-refractivity contribution is -0.120. The third-order valence-corrected chi connectivity index (χ3v) is 4.37. The zero-order chi connectivity index (χ0) is 18.4. The molecule has 0 fully saturated rings. The summed E-state index contributed by atoms with van der Waals surface area (Å²) in [7, 11) is 5.47. The Labute approximate surface area is 152 Å². The summed E-state index contributed by atoms with van der Waals surface area (Å²) in [5, 5.41) is 3.11. The van der Waals surface area contributed by atoms with Crippen LogP contribution >= 0.6 is 11.6 Å². The number of carbonyl (C=O) groups is 1. The highest BCUT2D eigenvalue weighted by molar-refractivity contribution is 6.31. The van der Waals surface area contributed by atoms with Gasteiger partial charge in [0.2, 0.25) is 5.91 Å². The van der Waals surface area contributed by atoms with Crippen LogP contribution in [0, 0.1) is 5.82 Å². The summed E-state index contributed by atoms with van der Waals surface area (Å²) >= 11 is 5.98. The van der Waals surface area contributed by atoms with E-state index in [1.54, 1.807) is 13.2 Å². The number of benzene rings is 2. The van der Waals surface area contributed by atoms with Crippen LogP contribution < -0.4 is 10.1 Å². The monoisotopic (exact) mass is 364 g/mol. The van der Waals surface area contributed by atoms with Crippen molar-refractivity contribution in [1.29, 1.82) is 0 Å². The Morgan fingerprint density at radius 1 is 1.24 bits per heavy atom. The second kappa shape index (κ2) is 8.83. The summed E-state index contributed by atoms with van der Waals surface area (Å²) < 4.78 is 19.2. The summed E-state index contributed by atoms with van der Waals surface area (Å²) in [5.41, 5.74) is 1.18. The molecule has 0 heterocycles. The molecule has 0 saturated carbocycles. The Morgan fingerprint density at radius 2 is 1.96 bits per heavy atom. The van der Waals surface area contributed by atoms with Crippen molar-refractivity contribution in [3.8, 4) is 5.75 Å². The molecule has 2 aromatic rings. The van der Waals surface area contributed by atoms with Crippen LogP contribution in [0.2, 0.25) is 5.02 Å². The SMILES string of the molecule is COc1ccccc1C(CNC(=O)Cc1c(F)cccc1Cl)N(C)C. The zero-order valence-corrected chi connectivity index (χ0v) is 15.3. The van der Waals surface area contributed by atoms with Gasteiger partial charge >= 0.3 is 0 Å². The fourth-order valence-electron chi connectivity index (χ4n) is 2.65. The van der Waals surface area contributed by atoms with E-state index in [1.165, 1.54) is 12.1 Å². The summed E-state index contributed by atoms with van der Waals surface area (Å²) in [6.45, 7) is 0.373. The first-order valence-corrected chi connectivity index (χ1v) is 8.30. The molecular weight excluding hydrogens is 343 g/mol. The van der Waals surface area contributed by atoms with Crippen LogP contribution in [0.1, 0.15) is 17.2 Å². The number of nitrogens with zero attached hydrogens (tertiary/aromatic N) is 1. The number of hydrogen-bond donors (Lipinski definition) is 1. The molecule has 6 heteroatoms. The second-order valence-corrected chi connectivity index (χ2v) is 6.31. The van der Waals surface area contributed by atoms with Gasteiger partial charge in [0.1, 0.15) is 11.6 Å². The number of halogens is 2. The number of hydrogen-bond acceptors (Lipinski definition) is 3. The molecule has 1 N–H and O–H groups in total. The minimum Gasteiger partial charge on any atom is -0.496 e. The van der Waals surface area contributed by atoms with Crippen LogP contribution in [-0.4, -0.2) is 38.6 Å². The molecule has 0 spiro atoms. The van der Waals surface area contributed by atoms with E-state index < -0.39 is 5.82 Å². The Balaban J connectivity index is 2.07. The van der Waals surface area contributed by atoms with Crippen molar-refractivity contribution >= 4 is 17.5 Å². The fourth-order valence-corrected chi connectivity index (χ4v) is 2.88. The predicted octanol–water partition coefficient (Wildman–Crippen LogP) is 3.45. The highest BCUT2D eigenvalue weighted by atomic mass is 35.5. The van der Waals surface area contributed by atoms with Gasteiger partial charge in [-0.3, -0.25) is 4.79 Å². The first kappa shape index (κ1) is 19.2. The number of nitrogens with one attached hydrogen (secondary N) is 1. The molecule has 0 aliphatic rings. The first-order chi connectivity index (χ1) is 11.9. The van der Waals surface area contributed by atoms with Crippen molar-refractivity contribution in [1.82, 2.24) is 10.2 Å². The highest BCUT2D eigenvalue weighted by Crippen LogP contribution is 2.27. The van der Waals surface area contributed by atoms with Crippen molar-refractivity contribution in [3.63, 3.8) is 0 Å². The number of para-hydroxylation sites is 1. The van der Waals surface area contributed by atoms with Gasteiger partial charge in [0, 0.05) is 22.7 Å². The van der Waals surface area contributed by atoms with Gasteiger partial charge < -0.3 is 15.0 Å². The number of carbonyl (C=O) groups excluding carboxylic acids is 1. The Morgan fingerprint density at radius 3 is 2.60 bits per heavy atom. The van der Waals surface area contributed by atoms with Crippen LogP contribution in [0.4, 0.5) is 4.39 Å². The minimum atomic E-state index is -0.475. The zero-order valence-electron chi connectivity index (χ0n) is 14.6. The van der Waals surface area contributed by atoms with E-state index in [4.69, 9.17) is 16.3 Å². The van der Waals surface area contributed by atoms with Crippen LogP contribution in [-0.2, 0) is 11.2 Å². The molecule has 1 atom stereocenters. The molecule has 1 amide bonds. The lowest BCUT2D eigenvalue weighted by Crippen LogP contribution is -2.35. The van der Waals surface area contributed by atoms with Crippen molar-refractivity contribution < 1.29 is 13.9 Å². The van der Waals surface area contributed by atoms with Crippen molar-refractivity contribution in [2.45, 2.75) is 12.5 Å². The molecule has 1 unspecified atom stereocenters. The van der Waals surface area contributed by atoms with E-state index in [2.05, 4.69) is 5.32 Å². The maximum absolute atomic E-state index is 13.8. The van der Waals surface area contributed by atoms with Gasteiger partial charge in [0.25, 0.3) is 0 Å². The number of methoxy groups -OCH3 is 1. The molecule has 25 heavy (non-hydrogen) atoms. The molecule has 0 radical (unpaired) electrons. The Kier molecular flexibility index (Phi) is 6.79. The van der Waals surface area contributed by atoms with Gasteiger partial charge in [-0.25, -0.2) is 4.39 Å². The standard InChI is InChI=1S/C19H22ClFN2O2/c1-23(2)17(13-7-4-5-10-18(13)25-3)12-22-19(24)11-14-15(20)8-6-9-16(14)21/h4-10,17H,11-12H2,1-3H3,(H,22,24). The molecular formula is C19H22ClFN2O2. The lowest BCUT2D eigenvalue weighted by atomic mass is 10.0. The van der Waals surface area contributed by atoms with Crippen LogP contribution in [0.15, 0.2) is 42.5 Å². The minimum absolute atomic E-state index is 0.0730. The molecule has 134 valence electrons. The summed E-state index contributed by atoms with van der Waals surface area (Å²) in [6.07, 6.45) is -0.0996. The molecule has 4 nitrogen and oxygen atoms in total. The van der Waals surface area contributed by atoms with E-state index in [1.807, 2.05) is 43.3 Å². The quantitative estimate of drug-likeness (QED) is 0.818. The maximum Gasteiger partial charge on any atom is 0.224 e. The number of amides is 1. The van der Waals surface area contributed by atoms with Crippen molar-refractivity contribution in [2.24, 2.45) is 0 Å². The summed E-state index contributed by atoms with van der Waals surface area (Å²) in [4.78, 5) is 14.2. The molecule has 0 aliphatic heterocycles. The highest BCUT2D eigenvalue weighted by Gasteiger charge is 2.19. The van der Waals surface area contributed by atoms with E-state index in [0.29, 0.717) is 6.54 Å². The van der Waals surface area contributed by atoms with Gasteiger partial charge in [-0.2, -0.15) is 0 Å². The van der Waals surface area contributed by atoms with Crippen LogP contribution in [0.3, 0.4) is 0 Å². The van der Waals surface area contributed by atoms with Gasteiger partial charge in [-0.15, -0.1) is 0 Å². The Hall–Kier alpha value is -2.11. The van der Waals surface area contributed by atoms with Gasteiger partial charge in [-0.05, 0) is 32.3 Å². The van der Waals surface area contributed by atoms with E-state index in [9.17, 15) is 9.18 Å². The first-order valence-electron chi connectivity index (χ1n) is 7.93. The van der Waals surface area contributed by atoms with Gasteiger partial charge in [0.05, 0.1) is 19.6 Å². The number of rotatable bonds is 7. The maximum atomic E-state index is 13.8. The number of ether oxygens (including phenoxy) is 1. The largest absolute Gasteiger partial charge is 0.496 e. The molecule has 0 aromatic heterocycles. The lowest BCUT2D eigenvalue weighted by Gasteiger charge is -2.26. The molecule has 2 aromatic carbocycles. The predicted molar refractivity (Wildman–Crippen MR) is 97.5 cm³/mol. The summed E-state index contributed by atoms with van der Waals surface area (Å²) in [5.74, 6) is -0.00196. The normalized spacial score (nSPS) is 12.1.